The van der Waals surface area contributed by atoms with Gasteiger partial charge in [0.15, 0.2) is 0 Å². The Labute approximate surface area is 116 Å². The molecule has 0 aliphatic carbocycles. The van der Waals surface area contributed by atoms with E-state index in [0.29, 0.717) is 5.02 Å². The smallest absolute Gasteiger partial charge is 0.0705 e. The third kappa shape index (κ3) is 2.18. The molecule has 3 nitrogen and oxygen atoms in total. The first-order chi connectivity index (χ1) is 9.27. The largest absolute Gasteiger partial charge is 0.320 e. The second-order valence-electron chi connectivity index (χ2n) is 4.29. The maximum atomic E-state index is 6.34. The molecule has 0 amide bonds. The van der Waals surface area contributed by atoms with Gasteiger partial charge >= 0.3 is 0 Å². The summed E-state index contributed by atoms with van der Waals surface area (Å²) in [5.74, 6) is 0. The van der Waals surface area contributed by atoms with Crippen molar-refractivity contribution in [2.24, 2.45) is 5.73 Å². The number of hydrogen-bond donors (Lipinski definition) is 1. The summed E-state index contributed by atoms with van der Waals surface area (Å²) in [5.41, 5.74) is 9.16. The van der Waals surface area contributed by atoms with Crippen LogP contribution in [-0.2, 0) is 0 Å². The molecule has 0 radical (unpaired) electrons. The summed E-state index contributed by atoms with van der Waals surface area (Å²) in [6.45, 7) is 0. The Morgan fingerprint density at radius 3 is 2.74 bits per heavy atom. The minimum absolute atomic E-state index is 0.289. The van der Waals surface area contributed by atoms with Crippen LogP contribution in [0.2, 0.25) is 5.02 Å². The first-order valence-corrected chi connectivity index (χ1v) is 6.34. The molecule has 0 fully saturated rings. The van der Waals surface area contributed by atoms with Crippen LogP contribution in [0.25, 0.3) is 10.9 Å². The fourth-order valence-corrected chi connectivity index (χ4v) is 2.44. The third-order valence-electron chi connectivity index (χ3n) is 3.15. The number of fused-ring (bicyclic) bond motifs is 1. The third-order valence-corrected chi connectivity index (χ3v) is 3.47. The molecule has 1 unspecified atom stereocenters. The number of hydrogen-bond acceptors (Lipinski definition) is 3. The van der Waals surface area contributed by atoms with E-state index in [0.717, 1.165) is 22.0 Å². The number of rotatable bonds is 2. The van der Waals surface area contributed by atoms with Gasteiger partial charge in [-0.05, 0) is 29.3 Å². The van der Waals surface area contributed by atoms with Crippen molar-refractivity contribution in [1.82, 2.24) is 9.97 Å². The van der Waals surface area contributed by atoms with Gasteiger partial charge < -0.3 is 5.73 Å². The van der Waals surface area contributed by atoms with Crippen LogP contribution in [0.4, 0.5) is 0 Å². The van der Waals surface area contributed by atoms with Crippen molar-refractivity contribution < 1.29 is 0 Å². The topological polar surface area (TPSA) is 51.8 Å². The lowest BCUT2D eigenvalue weighted by molar-refractivity contribution is 0.877. The van der Waals surface area contributed by atoms with Gasteiger partial charge in [0, 0.05) is 24.0 Å². The molecule has 94 valence electrons. The highest BCUT2D eigenvalue weighted by Crippen LogP contribution is 2.29. The van der Waals surface area contributed by atoms with Crippen molar-refractivity contribution in [1.29, 1.82) is 0 Å². The van der Waals surface area contributed by atoms with E-state index in [4.69, 9.17) is 17.3 Å². The Bertz CT molecular complexity index is 722. The van der Waals surface area contributed by atoms with Crippen LogP contribution in [0.5, 0.6) is 0 Å². The first kappa shape index (κ1) is 12.1. The maximum absolute atomic E-state index is 6.34. The van der Waals surface area contributed by atoms with Gasteiger partial charge in [-0.3, -0.25) is 9.97 Å². The van der Waals surface area contributed by atoms with Crippen molar-refractivity contribution in [3.05, 3.63) is 71.1 Å². The standard InChI is InChI=1S/C15H12ClN3/c16-13-9-18-8-6-12(13)15(17)11-3-1-5-14-10(11)4-2-7-19-14/h1-9,15H,17H2. The molecule has 0 aliphatic rings. The Hall–Kier alpha value is -1.97. The lowest BCUT2D eigenvalue weighted by atomic mass is 9.96. The second-order valence-corrected chi connectivity index (χ2v) is 4.70. The number of nitrogens with zero attached hydrogens (tertiary/aromatic N) is 2. The van der Waals surface area contributed by atoms with Crippen molar-refractivity contribution in [3.63, 3.8) is 0 Å². The summed E-state index contributed by atoms with van der Waals surface area (Å²) < 4.78 is 0. The molecule has 4 heteroatoms. The summed E-state index contributed by atoms with van der Waals surface area (Å²) >= 11 is 6.16. The molecule has 1 atom stereocenters. The second kappa shape index (κ2) is 4.96. The fraction of sp³-hybridized carbons (Fsp3) is 0.0667. The summed E-state index contributed by atoms with van der Waals surface area (Å²) in [7, 11) is 0. The fourth-order valence-electron chi connectivity index (χ4n) is 2.20. The van der Waals surface area contributed by atoms with Crippen LogP contribution in [-0.4, -0.2) is 9.97 Å². The molecule has 0 saturated heterocycles. The molecular weight excluding hydrogens is 258 g/mol. The summed E-state index contributed by atoms with van der Waals surface area (Å²) in [6.07, 6.45) is 5.08. The average molecular weight is 270 g/mol. The molecule has 0 spiro atoms. The number of benzene rings is 1. The molecule has 0 aliphatic heterocycles. The van der Waals surface area contributed by atoms with Crippen molar-refractivity contribution in [3.8, 4) is 0 Å². The zero-order chi connectivity index (χ0) is 13.2. The van der Waals surface area contributed by atoms with E-state index < -0.39 is 0 Å². The molecule has 2 heterocycles. The van der Waals surface area contributed by atoms with E-state index in [1.54, 1.807) is 18.6 Å². The van der Waals surface area contributed by atoms with Crippen LogP contribution in [0.15, 0.2) is 55.0 Å². The highest BCUT2D eigenvalue weighted by Gasteiger charge is 2.14. The SMILES string of the molecule is NC(c1ccncc1Cl)c1cccc2ncccc12. The first-order valence-electron chi connectivity index (χ1n) is 5.96. The summed E-state index contributed by atoms with van der Waals surface area (Å²) in [4.78, 5) is 8.32. The Balaban J connectivity index is 2.17. The predicted octanol–water partition coefficient (Wildman–Crippen LogP) is 3.33. The van der Waals surface area contributed by atoms with E-state index in [-0.39, 0.29) is 6.04 Å². The van der Waals surface area contributed by atoms with Crippen molar-refractivity contribution in [2.45, 2.75) is 6.04 Å². The molecule has 1 aromatic carbocycles. The zero-order valence-corrected chi connectivity index (χ0v) is 10.9. The molecule has 0 saturated carbocycles. The van der Waals surface area contributed by atoms with Gasteiger partial charge in [-0.1, -0.05) is 29.8 Å². The normalized spacial score (nSPS) is 12.5. The van der Waals surface area contributed by atoms with Gasteiger partial charge in [0.1, 0.15) is 0 Å². The highest BCUT2D eigenvalue weighted by atomic mass is 35.5. The van der Waals surface area contributed by atoms with Crippen molar-refractivity contribution >= 4 is 22.5 Å². The molecule has 3 aromatic rings. The van der Waals surface area contributed by atoms with E-state index in [1.807, 2.05) is 36.4 Å². The number of nitrogens with two attached hydrogens (primary N) is 1. The monoisotopic (exact) mass is 269 g/mol. The zero-order valence-electron chi connectivity index (χ0n) is 10.1. The van der Waals surface area contributed by atoms with Crippen LogP contribution in [0, 0.1) is 0 Å². The molecular formula is C15H12ClN3. The lowest BCUT2D eigenvalue weighted by Crippen LogP contribution is -2.13. The van der Waals surface area contributed by atoms with Crippen LogP contribution in [0.3, 0.4) is 0 Å². The van der Waals surface area contributed by atoms with Gasteiger partial charge in [0.25, 0.3) is 0 Å². The van der Waals surface area contributed by atoms with Gasteiger partial charge in [-0.25, -0.2) is 0 Å². The molecule has 2 aromatic heterocycles. The predicted molar refractivity (Wildman–Crippen MR) is 77.0 cm³/mol. The van der Waals surface area contributed by atoms with E-state index in [9.17, 15) is 0 Å². The van der Waals surface area contributed by atoms with Gasteiger partial charge in [-0.15, -0.1) is 0 Å². The number of aromatic nitrogens is 2. The van der Waals surface area contributed by atoms with Gasteiger partial charge in [0.05, 0.1) is 16.6 Å². The summed E-state index contributed by atoms with van der Waals surface area (Å²) in [6, 6.07) is 11.4. The summed E-state index contributed by atoms with van der Waals surface area (Å²) in [5, 5.41) is 1.63. The molecule has 0 bridgehead atoms. The van der Waals surface area contributed by atoms with Crippen molar-refractivity contribution in [2.75, 3.05) is 0 Å². The van der Waals surface area contributed by atoms with E-state index in [1.165, 1.54) is 0 Å². The quantitative estimate of drug-likeness (QED) is 0.776. The minimum Gasteiger partial charge on any atom is -0.320 e. The van der Waals surface area contributed by atoms with Crippen LogP contribution >= 0.6 is 11.6 Å². The van der Waals surface area contributed by atoms with E-state index in [2.05, 4.69) is 9.97 Å². The number of pyridine rings is 2. The highest BCUT2D eigenvalue weighted by molar-refractivity contribution is 6.31. The molecule has 2 N–H and O–H groups in total. The lowest BCUT2D eigenvalue weighted by Gasteiger charge is -2.15. The number of halogens is 1. The van der Waals surface area contributed by atoms with Gasteiger partial charge in [0.2, 0.25) is 0 Å². The average Bonchev–Trinajstić information content (AvgIpc) is 2.46. The Kier molecular flexibility index (Phi) is 3.15. The van der Waals surface area contributed by atoms with Crippen LogP contribution in [0.1, 0.15) is 17.2 Å². The molecule has 19 heavy (non-hydrogen) atoms. The Morgan fingerprint density at radius 1 is 1.00 bits per heavy atom. The van der Waals surface area contributed by atoms with E-state index >= 15 is 0 Å². The molecule has 3 rings (SSSR count). The minimum atomic E-state index is -0.289. The Morgan fingerprint density at radius 2 is 1.89 bits per heavy atom. The van der Waals surface area contributed by atoms with Gasteiger partial charge in [-0.2, -0.15) is 0 Å². The van der Waals surface area contributed by atoms with Crippen LogP contribution < -0.4 is 5.73 Å². The maximum Gasteiger partial charge on any atom is 0.0705 e.